The molecule has 2 nitrogen and oxygen atoms in total. The van der Waals surface area contributed by atoms with Gasteiger partial charge in [-0.2, -0.15) is 0 Å². The Morgan fingerprint density at radius 2 is 2.06 bits per heavy atom. The van der Waals surface area contributed by atoms with E-state index in [2.05, 4.69) is 41.2 Å². The van der Waals surface area contributed by atoms with E-state index >= 15 is 0 Å². The lowest BCUT2D eigenvalue weighted by molar-refractivity contribution is 0.117. The molecule has 0 amide bonds. The van der Waals surface area contributed by atoms with E-state index in [0.29, 0.717) is 12.6 Å². The van der Waals surface area contributed by atoms with Gasteiger partial charge in [0.2, 0.25) is 0 Å². The van der Waals surface area contributed by atoms with E-state index in [9.17, 15) is 0 Å². The predicted molar refractivity (Wildman–Crippen MR) is 71.6 cm³/mol. The zero-order chi connectivity index (χ0) is 11.8. The molecule has 0 aliphatic rings. The Kier molecular flexibility index (Phi) is 6.69. The van der Waals surface area contributed by atoms with Crippen molar-refractivity contribution in [3.63, 3.8) is 0 Å². The lowest BCUT2D eigenvalue weighted by Crippen LogP contribution is -2.24. The first-order chi connectivity index (χ1) is 7.70. The quantitative estimate of drug-likeness (QED) is 0.776. The fourth-order valence-corrected chi connectivity index (χ4v) is 1.76. The van der Waals surface area contributed by atoms with Gasteiger partial charge in [0.25, 0.3) is 0 Å². The first kappa shape index (κ1) is 13.7. The van der Waals surface area contributed by atoms with Gasteiger partial charge in [0.05, 0.1) is 6.61 Å². The molecule has 0 atom stereocenters. The summed E-state index contributed by atoms with van der Waals surface area (Å²) in [5.74, 6) is 0. The molecule has 0 aliphatic heterocycles. The third-order valence-corrected chi connectivity index (χ3v) is 3.01. The van der Waals surface area contributed by atoms with Crippen LogP contribution in [0.2, 0.25) is 0 Å². The van der Waals surface area contributed by atoms with Crippen LogP contribution in [0.3, 0.4) is 0 Å². The first-order valence-electron chi connectivity index (χ1n) is 5.74. The molecule has 0 aromatic heterocycles. The molecule has 1 N–H and O–H groups in total. The summed E-state index contributed by atoms with van der Waals surface area (Å²) in [6.07, 6.45) is 1.06. The van der Waals surface area contributed by atoms with Gasteiger partial charge in [-0.05, 0) is 24.6 Å². The Morgan fingerprint density at radius 1 is 1.31 bits per heavy atom. The van der Waals surface area contributed by atoms with E-state index in [0.717, 1.165) is 24.0 Å². The van der Waals surface area contributed by atoms with Crippen molar-refractivity contribution in [2.75, 3.05) is 13.2 Å². The number of hydrogen-bond donors (Lipinski definition) is 1. The summed E-state index contributed by atoms with van der Waals surface area (Å²) in [5, 5.41) is 3.37. The summed E-state index contributed by atoms with van der Waals surface area (Å²) in [6.45, 7) is 6.82. The molecule has 0 spiro atoms. The number of nitrogens with one attached hydrogen (secondary N) is 1. The molecule has 3 heteroatoms. The molecule has 90 valence electrons. The van der Waals surface area contributed by atoms with Crippen LogP contribution in [0.5, 0.6) is 0 Å². The van der Waals surface area contributed by atoms with E-state index in [-0.39, 0.29) is 0 Å². The van der Waals surface area contributed by atoms with Crippen molar-refractivity contribution < 1.29 is 4.74 Å². The predicted octanol–water partition coefficient (Wildman–Crippen LogP) is 3.35. The summed E-state index contributed by atoms with van der Waals surface area (Å²) in [5.41, 5.74) is 1.21. The fraction of sp³-hybridized carbons (Fsp3) is 0.538. The molecule has 0 aliphatic carbocycles. The van der Waals surface area contributed by atoms with E-state index in [1.54, 1.807) is 0 Å². The standard InChI is InChI=1S/C13H20BrNO/c1-11(2)15-8-5-9-16-10-12-6-3-4-7-13(12)14/h3-4,6-7,11,15H,5,8-10H2,1-2H3. The lowest BCUT2D eigenvalue weighted by Gasteiger charge is -2.08. The molecule has 0 unspecified atom stereocenters. The number of benzene rings is 1. The zero-order valence-electron chi connectivity index (χ0n) is 10.0. The van der Waals surface area contributed by atoms with Crippen LogP contribution in [0.15, 0.2) is 28.7 Å². The largest absolute Gasteiger partial charge is 0.377 e. The molecular weight excluding hydrogens is 266 g/mol. The second kappa shape index (κ2) is 7.82. The minimum absolute atomic E-state index is 0.559. The molecular formula is C13H20BrNO. The molecule has 0 saturated carbocycles. The van der Waals surface area contributed by atoms with E-state index in [4.69, 9.17) is 4.74 Å². The SMILES string of the molecule is CC(C)NCCCOCc1ccccc1Br. The minimum atomic E-state index is 0.559. The van der Waals surface area contributed by atoms with E-state index in [1.807, 2.05) is 18.2 Å². The van der Waals surface area contributed by atoms with Crippen LogP contribution in [-0.2, 0) is 11.3 Å². The van der Waals surface area contributed by atoms with Crippen LogP contribution in [0.4, 0.5) is 0 Å². The Balaban J connectivity index is 2.10. The Morgan fingerprint density at radius 3 is 2.75 bits per heavy atom. The molecule has 1 rings (SSSR count). The molecule has 0 radical (unpaired) electrons. The number of ether oxygens (including phenoxy) is 1. The van der Waals surface area contributed by atoms with Gasteiger partial charge in [-0.3, -0.25) is 0 Å². The van der Waals surface area contributed by atoms with Crippen molar-refractivity contribution in [3.05, 3.63) is 34.3 Å². The number of hydrogen-bond acceptors (Lipinski definition) is 2. The summed E-state index contributed by atoms with van der Waals surface area (Å²) < 4.78 is 6.73. The van der Waals surface area contributed by atoms with E-state index in [1.165, 1.54) is 5.56 Å². The monoisotopic (exact) mass is 285 g/mol. The van der Waals surface area contributed by atoms with Crippen molar-refractivity contribution in [1.29, 1.82) is 0 Å². The highest BCUT2D eigenvalue weighted by Gasteiger charge is 1.98. The second-order valence-corrected chi connectivity index (χ2v) is 4.96. The Bertz CT molecular complexity index is 302. The molecule has 0 fully saturated rings. The van der Waals surface area contributed by atoms with Gasteiger partial charge < -0.3 is 10.1 Å². The Labute approximate surface area is 107 Å². The van der Waals surface area contributed by atoms with Gasteiger partial charge >= 0.3 is 0 Å². The maximum absolute atomic E-state index is 5.61. The van der Waals surface area contributed by atoms with Crippen molar-refractivity contribution in [1.82, 2.24) is 5.32 Å². The van der Waals surface area contributed by atoms with Crippen LogP contribution in [0.1, 0.15) is 25.8 Å². The molecule has 0 heterocycles. The summed E-state index contributed by atoms with van der Waals surface area (Å²) in [7, 11) is 0. The highest BCUT2D eigenvalue weighted by Crippen LogP contribution is 2.16. The summed E-state index contributed by atoms with van der Waals surface area (Å²) in [4.78, 5) is 0. The third kappa shape index (κ3) is 5.64. The van der Waals surface area contributed by atoms with Gasteiger partial charge in [0, 0.05) is 17.1 Å². The van der Waals surface area contributed by atoms with Gasteiger partial charge in [0.1, 0.15) is 0 Å². The van der Waals surface area contributed by atoms with Crippen LogP contribution in [0.25, 0.3) is 0 Å². The highest BCUT2D eigenvalue weighted by molar-refractivity contribution is 9.10. The van der Waals surface area contributed by atoms with Crippen molar-refractivity contribution in [2.45, 2.75) is 32.9 Å². The molecule has 1 aromatic rings. The first-order valence-corrected chi connectivity index (χ1v) is 6.54. The molecule has 0 saturated heterocycles. The summed E-state index contributed by atoms with van der Waals surface area (Å²) in [6, 6.07) is 8.72. The smallest absolute Gasteiger partial charge is 0.0727 e. The highest BCUT2D eigenvalue weighted by atomic mass is 79.9. The normalized spacial score (nSPS) is 11.0. The third-order valence-electron chi connectivity index (χ3n) is 2.23. The Hall–Kier alpha value is -0.380. The minimum Gasteiger partial charge on any atom is -0.377 e. The average Bonchev–Trinajstić information content (AvgIpc) is 2.25. The van der Waals surface area contributed by atoms with Gasteiger partial charge in [0.15, 0.2) is 0 Å². The fourth-order valence-electron chi connectivity index (χ4n) is 1.36. The van der Waals surface area contributed by atoms with Gasteiger partial charge in [-0.1, -0.05) is 48.0 Å². The van der Waals surface area contributed by atoms with Crippen LogP contribution < -0.4 is 5.32 Å². The molecule has 0 bridgehead atoms. The summed E-state index contributed by atoms with van der Waals surface area (Å²) >= 11 is 3.51. The second-order valence-electron chi connectivity index (χ2n) is 4.11. The van der Waals surface area contributed by atoms with E-state index < -0.39 is 0 Å². The zero-order valence-corrected chi connectivity index (χ0v) is 11.6. The lowest BCUT2D eigenvalue weighted by atomic mass is 10.2. The van der Waals surface area contributed by atoms with Gasteiger partial charge in [-0.15, -0.1) is 0 Å². The van der Waals surface area contributed by atoms with Crippen LogP contribution in [0, 0.1) is 0 Å². The molecule has 1 aromatic carbocycles. The van der Waals surface area contributed by atoms with Crippen molar-refractivity contribution in [3.8, 4) is 0 Å². The topological polar surface area (TPSA) is 21.3 Å². The molecule has 16 heavy (non-hydrogen) atoms. The van der Waals surface area contributed by atoms with Gasteiger partial charge in [-0.25, -0.2) is 0 Å². The van der Waals surface area contributed by atoms with Crippen molar-refractivity contribution >= 4 is 15.9 Å². The maximum atomic E-state index is 5.61. The number of rotatable bonds is 7. The number of halogens is 1. The van der Waals surface area contributed by atoms with Crippen LogP contribution in [-0.4, -0.2) is 19.2 Å². The average molecular weight is 286 g/mol. The van der Waals surface area contributed by atoms with Crippen LogP contribution >= 0.6 is 15.9 Å². The maximum Gasteiger partial charge on any atom is 0.0727 e. The van der Waals surface area contributed by atoms with Crippen molar-refractivity contribution in [2.24, 2.45) is 0 Å².